The number of nitrogens with one attached hydrogen (secondary N) is 8. The quantitative estimate of drug-likeness (QED) is 0.0231. The van der Waals surface area contributed by atoms with Crippen molar-refractivity contribution in [2.24, 2.45) is 7.05 Å². The van der Waals surface area contributed by atoms with Crippen LogP contribution in [0.2, 0.25) is 0 Å². The number of carboxylic acid groups (broad SMARTS) is 1. The maximum Gasteiger partial charge on any atom is 0.323 e. The van der Waals surface area contributed by atoms with E-state index in [4.69, 9.17) is 4.74 Å². The van der Waals surface area contributed by atoms with Crippen molar-refractivity contribution in [3.63, 3.8) is 0 Å². The van der Waals surface area contributed by atoms with E-state index in [1.807, 2.05) is 23.9 Å². The van der Waals surface area contributed by atoms with Gasteiger partial charge in [0.1, 0.15) is 29.4 Å². The maximum absolute atomic E-state index is 13.7. The Morgan fingerprint density at radius 2 is 1.40 bits per heavy atom. The number of aliphatic carboxylic acids is 1. The predicted molar refractivity (Wildman–Crippen MR) is 306 cm³/mol. The summed E-state index contributed by atoms with van der Waals surface area (Å²) in [6, 6.07) is 4.42. The molecule has 5 amide bonds. The molecule has 0 aliphatic carbocycles. The van der Waals surface area contributed by atoms with Crippen LogP contribution in [-0.2, 0) is 47.6 Å². The molecule has 2 aromatic heterocycles. The van der Waals surface area contributed by atoms with Gasteiger partial charge in [-0.25, -0.2) is 13.4 Å². The molecule has 0 bridgehead atoms. The first-order valence-electron chi connectivity index (χ1n) is 27.4. The van der Waals surface area contributed by atoms with Crippen molar-refractivity contribution in [1.29, 1.82) is 0 Å². The minimum Gasteiger partial charge on any atom is -0.494 e. The number of aliphatic hydroxyl groups is 2. The second-order valence-corrected chi connectivity index (χ2v) is 22.1. The molecular formula is C54H82N14O13S. The molecule has 1 aliphatic rings. The van der Waals surface area contributed by atoms with E-state index in [1.54, 1.807) is 56.1 Å². The number of β-amino-alcohol motifs (C(OH)–C–C–N with tert-alkyl or cyclic N) is 2. The molecule has 2 aromatic carbocycles. The number of anilines is 1. The number of nitrogens with zero attached hydrogens (tertiary/aromatic N) is 6. The van der Waals surface area contributed by atoms with Gasteiger partial charge in [-0.2, -0.15) is 4.72 Å². The zero-order chi connectivity index (χ0) is 60.1. The Labute approximate surface area is 477 Å². The fraction of sp³-hybridized carbons (Fsp3) is 0.556. The molecule has 0 spiro atoms. The first-order chi connectivity index (χ1) is 39.0. The van der Waals surface area contributed by atoms with Crippen molar-refractivity contribution in [2.75, 3.05) is 111 Å². The molecular weight excluding hydrogens is 1080 g/mol. The van der Waals surface area contributed by atoms with Gasteiger partial charge in [-0.05, 0) is 88.2 Å². The zero-order valence-corrected chi connectivity index (χ0v) is 48.7. The number of carboxylic acids is 1. The maximum atomic E-state index is 13.7. The number of H-pyrrole nitrogens is 1. The van der Waals surface area contributed by atoms with Crippen LogP contribution in [0.4, 0.5) is 5.95 Å². The second kappa shape index (κ2) is 32.0. The minimum atomic E-state index is -4.49. The van der Waals surface area contributed by atoms with Crippen molar-refractivity contribution in [3.05, 3.63) is 81.4 Å². The number of fused-ring (bicyclic) bond motifs is 1. The van der Waals surface area contributed by atoms with Gasteiger partial charge in [0.2, 0.25) is 39.1 Å². The molecule has 0 saturated carbocycles. The topological polar surface area (TPSA) is 354 Å². The fourth-order valence-corrected chi connectivity index (χ4v) is 10.8. The van der Waals surface area contributed by atoms with Crippen LogP contribution in [0, 0.1) is 13.8 Å². The molecule has 27 nitrogen and oxygen atoms in total. The molecule has 28 heteroatoms. The zero-order valence-electron chi connectivity index (χ0n) is 47.9. The normalized spacial score (nSPS) is 15.6. The summed E-state index contributed by atoms with van der Waals surface area (Å²) in [6.07, 6.45) is 4.00. The minimum absolute atomic E-state index is 0.0214. The lowest BCUT2D eigenvalue weighted by Crippen LogP contribution is -2.55. The van der Waals surface area contributed by atoms with E-state index in [0.717, 1.165) is 25.2 Å². The van der Waals surface area contributed by atoms with Gasteiger partial charge in [-0.3, -0.25) is 43.4 Å². The van der Waals surface area contributed by atoms with Gasteiger partial charge < -0.3 is 71.3 Å². The Kier molecular flexibility index (Phi) is 25.6. The molecule has 1 aliphatic heterocycles. The summed E-state index contributed by atoms with van der Waals surface area (Å²) in [7, 11) is 1.21. The summed E-state index contributed by atoms with van der Waals surface area (Å²) in [5.74, 6) is -3.24. The smallest absolute Gasteiger partial charge is 0.323 e. The largest absolute Gasteiger partial charge is 0.494 e. The number of hydrogen-bond donors (Lipinski definition) is 11. The number of aromatic amines is 1. The van der Waals surface area contributed by atoms with Crippen LogP contribution >= 0.6 is 0 Å². The fourth-order valence-electron chi connectivity index (χ4n) is 9.19. The summed E-state index contributed by atoms with van der Waals surface area (Å²) in [5.41, 5.74) is 1.00. The highest BCUT2D eigenvalue weighted by Gasteiger charge is 2.30. The Morgan fingerprint density at radius 1 is 0.780 bits per heavy atom. The summed E-state index contributed by atoms with van der Waals surface area (Å²) in [5, 5.41) is 46.1. The highest BCUT2D eigenvalue weighted by molar-refractivity contribution is 7.89. The van der Waals surface area contributed by atoms with Crippen LogP contribution in [0.15, 0.2) is 58.6 Å². The number of pyridine rings is 1. The number of hydrogen-bond acceptors (Lipinski definition) is 18. The Balaban J connectivity index is 1.02. The third-order valence-corrected chi connectivity index (χ3v) is 15.6. The van der Waals surface area contributed by atoms with Crippen LogP contribution in [0.1, 0.15) is 66.6 Å². The van der Waals surface area contributed by atoms with Crippen LogP contribution in [0.3, 0.4) is 0 Å². The lowest BCUT2D eigenvalue weighted by atomic mass is 10.1. The standard InChI is InChI=1S/C54H82N14O13S/c1-8-41(62-52(76)42(9-2)61-46(70)33-67-22-20-64(5)18-19-65(6)21-23-68(25-24-67)34-47(71)72)51(75)56-15-14-55-45(69)11-10-26-81-38-27-35(3)49(36(4)28-38)82(79,80)63-43(53(77)78)31-59-50(74)40-32-66(7)44-29-37(12-13-39(44)48(40)73)30-60-54-57-16-17-58-54/h12-13,16-17,27-29,32,41-43,47,63,71-72H,8-11,14-15,18-26,30-31,33-34H2,1-7H3,(H,55,69)(H,56,75)(H,59,74)(H,61,70)(H,62,76)(H,77,78)(H2,57,58,60). The lowest BCUT2D eigenvalue weighted by Gasteiger charge is -2.32. The van der Waals surface area contributed by atoms with E-state index in [2.05, 4.69) is 56.4 Å². The van der Waals surface area contributed by atoms with E-state index >= 15 is 0 Å². The molecule has 3 atom stereocenters. The van der Waals surface area contributed by atoms with Crippen molar-refractivity contribution < 1.29 is 57.2 Å². The van der Waals surface area contributed by atoms with Gasteiger partial charge >= 0.3 is 5.97 Å². The van der Waals surface area contributed by atoms with Crippen LogP contribution in [0.25, 0.3) is 10.9 Å². The van der Waals surface area contributed by atoms with E-state index in [9.17, 15) is 57.3 Å². The average molecular weight is 1170 g/mol. The average Bonchev–Trinajstić information content (AvgIpc) is 3.18. The molecule has 3 heterocycles. The number of benzene rings is 2. The third-order valence-electron chi connectivity index (χ3n) is 13.9. The number of carbonyl (C=O) groups is 6. The highest BCUT2D eigenvalue weighted by atomic mass is 32.2. The van der Waals surface area contributed by atoms with Crippen molar-refractivity contribution in [3.8, 4) is 5.75 Å². The van der Waals surface area contributed by atoms with Crippen LogP contribution in [0.5, 0.6) is 5.75 Å². The van der Waals surface area contributed by atoms with E-state index in [-0.39, 0.29) is 97.3 Å². The molecule has 1 saturated heterocycles. The Hall–Kier alpha value is -7.05. The lowest BCUT2D eigenvalue weighted by molar-refractivity contribution is -0.138. The Morgan fingerprint density at radius 3 is 2.04 bits per heavy atom. The summed E-state index contributed by atoms with van der Waals surface area (Å²) in [6.45, 7) is 11.9. The van der Waals surface area contributed by atoms with Crippen LogP contribution < -0.4 is 46.8 Å². The molecule has 82 heavy (non-hydrogen) atoms. The van der Waals surface area contributed by atoms with Crippen molar-refractivity contribution in [1.82, 2.24) is 65.4 Å². The van der Waals surface area contributed by atoms with E-state index < -0.39 is 70.1 Å². The number of aromatic nitrogens is 3. The molecule has 5 rings (SSSR count). The number of rotatable bonds is 28. The number of amides is 5. The number of carbonyl (C=O) groups excluding carboxylic acids is 5. The second-order valence-electron chi connectivity index (χ2n) is 20.5. The molecule has 0 radical (unpaired) electrons. The van der Waals surface area contributed by atoms with E-state index in [1.165, 1.54) is 32.2 Å². The number of ether oxygens (including phenoxy) is 1. The van der Waals surface area contributed by atoms with Gasteiger partial charge in [0.05, 0.1) is 23.6 Å². The first kappa shape index (κ1) is 65.8. The number of aryl methyl sites for hydroxylation is 3. The molecule has 11 N–H and O–H groups in total. The SMILES string of the molecule is CCC(NC(=O)CN1CCN(C)CCN(C)CCN(CC(O)O)CC1)C(=O)NC(CC)C(=O)NCCNC(=O)CCCOc1cc(C)c(S(=O)(=O)NC(CNC(=O)c2cn(C)c3cc(CNc4ncc[nH]4)ccc3c2=O)C(=O)O)c(C)c1. The summed E-state index contributed by atoms with van der Waals surface area (Å²) >= 11 is 0. The van der Waals surface area contributed by atoms with Gasteiger partial charge in [-0.15, -0.1) is 0 Å². The van der Waals surface area contributed by atoms with Gasteiger partial charge in [-0.1, -0.05) is 19.9 Å². The molecule has 3 unspecified atom stereocenters. The summed E-state index contributed by atoms with van der Waals surface area (Å²) in [4.78, 5) is 107. The van der Waals surface area contributed by atoms with Crippen molar-refractivity contribution in [2.45, 2.75) is 89.2 Å². The first-order valence-corrected chi connectivity index (χ1v) is 28.9. The van der Waals surface area contributed by atoms with Crippen LogP contribution in [-0.4, -0.2) is 224 Å². The molecule has 4 aromatic rings. The Bertz CT molecular complexity index is 2950. The molecule has 452 valence electrons. The highest BCUT2D eigenvalue weighted by Crippen LogP contribution is 2.26. The third kappa shape index (κ3) is 20.4. The van der Waals surface area contributed by atoms with E-state index in [0.29, 0.717) is 56.5 Å². The molecule has 1 fully saturated rings. The number of aliphatic hydroxyl groups excluding tert-OH is 1. The van der Waals surface area contributed by atoms with Gasteiger partial charge in [0, 0.05) is 123 Å². The van der Waals surface area contributed by atoms with Gasteiger partial charge in [0.15, 0.2) is 12.2 Å². The number of imidazole rings is 1. The summed E-state index contributed by atoms with van der Waals surface area (Å²) < 4.78 is 36.9. The monoisotopic (exact) mass is 1170 g/mol. The number of likely N-dealkylation sites (N-methyl/N-ethyl adjacent to an activating group) is 2. The predicted octanol–water partition coefficient (Wildman–Crippen LogP) is -1.38. The van der Waals surface area contributed by atoms with Gasteiger partial charge in [0.25, 0.3) is 5.91 Å². The number of sulfonamides is 1. The van der Waals surface area contributed by atoms with Crippen molar-refractivity contribution >= 4 is 62.4 Å².